The van der Waals surface area contributed by atoms with Crippen LogP contribution in [-0.2, 0) is 12.8 Å². The zero-order chi connectivity index (χ0) is 14.1. The van der Waals surface area contributed by atoms with Crippen LogP contribution in [0.15, 0.2) is 36.5 Å². The highest BCUT2D eigenvalue weighted by atomic mass is 15.6. The van der Waals surface area contributed by atoms with Crippen LogP contribution in [0.4, 0.5) is 5.95 Å². The van der Waals surface area contributed by atoms with E-state index in [0.717, 1.165) is 24.9 Å². The number of rotatable bonds is 3. The minimum absolute atomic E-state index is 0.311. The van der Waals surface area contributed by atoms with Crippen LogP contribution in [0, 0.1) is 0 Å². The molecule has 2 N–H and O–H groups in total. The number of aromatic nitrogens is 6. The van der Waals surface area contributed by atoms with Crippen LogP contribution in [0.25, 0.3) is 5.69 Å². The largest absolute Gasteiger partial charge is 0.350 e. The van der Waals surface area contributed by atoms with E-state index in [0.29, 0.717) is 12.0 Å². The highest BCUT2D eigenvalue weighted by molar-refractivity contribution is 5.39. The Morgan fingerprint density at radius 2 is 2.14 bits per heavy atom. The summed E-state index contributed by atoms with van der Waals surface area (Å²) in [6.45, 7) is 0. The smallest absolute Gasteiger partial charge is 0.247 e. The standard InChI is InChI=1S/C14H15N7/c1-2-4-12(5-3-1)21-14(18-19-20-21)16-11-7-6-10-9-15-17-13(10)8-11/h1-5,9,11H,6-8H2,(H,15,17)(H,16,18,20). The topological polar surface area (TPSA) is 84.3 Å². The van der Waals surface area contributed by atoms with Crippen molar-refractivity contribution in [3.8, 4) is 5.69 Å². The van der Waals surface area contributed by atoms with Gasteiger partial charge in [0.25, 0.3) is 0 Å². The first-order valence-corrected chi connectivity index (χ1v) is 7.01. The molecular formula is C14H15N7. The fourth-order valence-electron chi connectivity index (χ4n) is 2.73. The van der Waals surface area contributed by atoms with Gasteiger partial charge in [-0.05, 0) is 41.0 Å². The average Bonchev–Trinajstić information content (AvgIpc) is 3.16. The number of nitrogens with zero attached hydrogens (tertiary/aromatic N) is 5. The van der Waals surface area contributed by atoms with Crippen LogP contribution in [-0.4, -0.2) is 36.4 Å². The molecule has 0 spiro atoms. The SMILES string of the molecule is c1ccc(-n2nnnc2NC2CCc3cn[nH]c3C2)cc1. The van der Waals surface area contributed by atoms with Gasteiger partial charge in [0.1, 0.15) is 0 Å². The van der Waals surface area contributed by atoms with Gasteiger partial charge in [-0.3, -0.25) is 5.10 Å². The van der Waals surface area contributed by atoms with Crippen LogP contribution in [0.5, 0.6) is 0 Å². The molecule has 1 aliphatic rings. The van der Waals surface area contributed by atoms with Crippen molar-refractivity contribution in [2.45, 2.75) is 25.3 Å². The molecule has 1 unspecified atom stereocenters. The molecule has 7 heteroatoms. The first-order chi connectivity index (χ1) is 10.4. The zero-order valence-corrected chi connectivity index (χ0v) is 11.4. The number of H-pyrrole nitrogens is 1. The number of aromatic amines is 1. The minimum atomic E-state index is 0.311. The van der Waals surface area contributed by atoms with E-state index in [1.54, 1.807) is 4.68 Å². The summed E-state index contributed by atoms with van der Waals surface area (Å²) in [4.78, 5) is 0. The quantitative estimate of drug-likeness (QED) is 0.757. The summed E-state index contributed by atoms with van der Waals surface area (Å²) in [6, 6.07) is 10.2. The second kappa shape index (κ2) is 5.01. The number of hydrogen-bond acceptors (Lipinski definition) is 5. The number of nitrogens with one attached hydrogen (secondary N) is 2. The molecule has 2 heterocycles. The van der Waals surface area contributed by atoms with E-state index in [-0.39, 0.29) is 0 Å². The van der Waals surface area contributed by atoms with E-state index in [1.165, 1.54) is 11.3 Å². The molecule has 21 heavy (non-hydrogen) atoms. The fraction of sp³-hybridized carbons (Fsp3) is 0.286. The van der Waals surface area contributed by atoms with E-state index in [2.05, 4.69) is 31.0 Å². The van der Waals surface area contributed by atoms with Crippen LogP contribution in [0.1, 0.15) is 17.7 Å². The van der Waals surface area contributed by atoms with Crippen molar-refractivity contribution in [1.82, 2.24) is 30.4 Å². The molecule has 1 atom stereocenters. The molecule has 0 amide bonds. The van der Waals surface area contributed by atoms with E-state index < -0.39 is 0 Å². The van der Waals surface area contributed by atoms with Gasteiger partial charge in [-0.2, -0.15) is 9.78 Å². The maximum Gasteiger partial charge on any atom is 0.247 e. The van der Waals surface area contributed by atoms with Crippen molar-refractivity contribution in [3.63, 3.8) is 0 Å². The number of hydrogen-bond donors (Lipinski definition) is 2. The van der Waals surface area contributed by atoms with Crippen LogP contribution in [0.2, 0.25) is 0 Å². The van der Waals surface area contributed by atoms with Gasteiger partial charge < -0.3 is 5.32 Å². The Morgan fingerprint density at radius 3 is 3.05 bits per heavy atom. The third-order valence-electron chi connectivity index (χ3n) is 3.82. The summed E-state index contributed by atoms with van der Waals surface area (Å²) in [5.41, 5.74) is 3.47. The van der Waals surface area contributed by atoms with Crippen molar-refractivity contribution in [3.05, 3.63) is 47.8 Å². The molecule has 0 radical (unpaired) electrons. The van der Waals surface area contributed by atoms with E-state index >= 15 is 0 Å². The predicted octanol–water partition coefficient (Wildman–Crippen LogP) is 1.35. The summed E-state index contributed by atoms with van der Waals surface area (Å²) in [6.07, 6.45) is 4.90. The van der Waals surface area contributed by atoms with Gasteiger partial charge >= 0.3 is 0 Å². The van der Waals surface area contributed by atoms with Crippen molar-refractivity contribution in [2.24, 2.45) is 0 Å². The molecule has 7 nitrogen and oxygen atoms in total. The molecule has 0 aliphatic heterocycles. The third kappa shape index (κ3) is 2.26. The number of aryl methyl sites for hydroxylation is 1. The highest BCUT2D eigenvalue weighted by Crippen LogP contribution is 2.21. The van der Waals surface area contributed by atoms with Crippen molar-refractivity contribution in [1.29, 1.82) is 0 Å². The molecule has 0 saturated heterocycles. The second-order valence-corrected chi connectivity index (χ2v) is 5.21. The minimum Gasteiger partial charge on any atom is -0.350 e. The maximum absolute atomic E-state index is 4.10. The Hall–Kier alpha value is -2.70. The number of benzene rings is 1. The average molecular weight is 281 g/mol. The Bertz CT molecular complexity index is 731. The molecule has 3 aromatic rings. The maximum atomic E-state index is 4.10. The van der Waals surface area contributed by atoms with Crippen LogP contribution in [0.3, 0.4) is 0 Å². The van der Waals surface area contributed by atoms with Gasteiger partial charge in [0.15, 0.2) is 0 Å². The first kappa shape index (κ1) is 12.1. The van der Waals surface area contributed by atoms with E-state index in [9.17, 15) is 0 Å². The molecule has 2 aromatic heterocycles. The number of fused-ring (bicyclic) bond motifs is 1. The Balaban J connectivity index is 1.55. The van der Waals surface area contributed by atoms with Gasteiger partial charge in [-0.15, -0.1) is 0 Å². The molecule has 1 aromatic carbocycles. The molecule has 4 rings (SSSR count). The summed E-state index contributed by atoms with van der Waals surface area (Å²) < 4.78 is 1.72. The lowest BCUT2D eigenvalue weighted by molar-refractivity contribution is 0.595. The highest BCUT2D eigenvalue weighted by Gasteiger charge is 2.21. The van der Waals surface area contributed by atoms with E-state index in [1.807, 2.05) is 36.5 Å². The van der Waals surface area contributed by atoms with Gasteiger partial charge in [-0.1, -0.05) is 23.3 Å². The zero-order valence-electron chi connectivity index (χ0n) is 11.4. The molecule has 106 valence electrons. The van der Waals surface area contributed by atoms with Gasteiger partial charge in [0, 0.05) is 18.2 Å². The van der Waals surface area contributed by atoms with Gasteiger partial charge in [0.05, 0.1) is 11.9 Å². The van der Waals surface area contributed by atoms with E-state index in [4.69, 9.17) is 0 Å². The summed E-state index contributed by atoms with van der Waals surface area (Å²) in [7, 11) is 0. The molecule has 0 fully saturated rings. The Morgan fingerprint density at radius 1 is 1.24 bits per heavy atom. The Labute approximate surface area is 121 Å². The lowest BCUT2D eigenvalue weighted by Crippen LogP contribution is -2.28. The predicted molar refractivity (Wildman–Crippen MR) is 77.2 cm³/mol. The van der Waals surface area contributed by atoms with Crippen LogP contribution < -0.4 is 5.32 Å². The number of tetrazole rings is 1. The summed E-state index contributed by atoms with van der Waals surface area (Å²) >= 11 is 0. The third-order valence-corrected chi connectivity index (χ3v) is 3.82. The lowest BCUT2D eigenvalue weighted by Gasteiger charge is -2.22. The molecule has 0 bridgehead atoms. The van der Waals surface area contributed by atoms with Crippen molar-refractivity contribution < 1.29 is 0 Å². The molecule has 0 saturated carbocycles. The molecule has 1 aliphatic carbocycles. The lowest BCUT2D eigenvalue weighted by atomic mass is 9.94. The number of para-hydroxylation sites is 1. The summed E-state index contributed by atoms with van der Waals surface area (Å²) in [5, 5.41) is 22.5. The monoisotopic (exact) mass is 281 g/mol. The van der Waals surface area contributed by atoms with Crippen LogP contribution >= 0.6 is 0 Å². The number of anilines is 1. The summed E-state index contributed by atoms with van der Waals surface area (Å²) in [5.74, 6) is 0.675. The Kier molecular flexibility index (Phi) is 2.88. The van der Waals surface area contributed by atoms with Crippen molar-refractivity contribution in [2.75, 3.05) is 5.32 Å². The normalized spacial score (nSPS) is 17.4. The fourth-order valence-corrected chi connectivity index (χ4v) is 2.73. The van der Waals surface area contributed by atoms with Gasteiger partial charge in [-0.25, -0.2) is 0 Å². The first-order valence-electron chi connectivity index (χ1n) is 7.01. The van der Waals surface area contributed by atoms with Gasteiger partial charge in [0.2, 0.25) is 5.95 Å². The molecular weight excluding hydrogens is 266 g/mol. The second-order valence-electron chi connectivity index (χ2n) is 5.21. The van der Waals surface area contributed by atoms with Crippen molar-refractivity contribution >= 4 is 5.95 Å².